The number of para-hydroxylation sites is 1. The quantitative estimate of drug-likeness (QED) is 0.591. The molecule has 0 bridgehead atoms. The summed E-state index contributed by atoms with van der Waals surface area (Å²) in [5, 5.41) is 0. The lowest BCUT2D eigenvalue weighted by atomic mass is 10.1. The number of benzene rings is 3. The Morgan fingerprint density at radius 3 is 1.88 bits per heavy atom. The summed E-state index contributed by atoms with van der Waals surface area (Å²) in [5.74, 6) is 0. The van der Waals surface area contributed by atoms with Crippen molar-refractivity contribution in [2.75, 3.05) is 12.0 Å². The molecule has 0 aliphatic rings. The van der Waals surface area contributed by atoms with Crippen molar-refractivity contribution in [2.24, 2.45) is 0 Å². The second kappa shape index (κ2) is 7.57. The summed E-state index contributed by atoms with van der Waals surface area (Å²) in [6, 6.07) is 26.0. The highest BCUT2D eigenvalue weighted by Gasteiger charge is 2.11. The van der Waals surface area contributed by atoms with Crippen molar-refractivity contribution < 1.29 is 9.53 Å². The van der Waals surface area contributed by atoms with E-state index < -0.39 is 0 Å². The molecule has 0 aliphatic carbocycles. The third kappa shape index (κ3) is 3.53. The molecule has 3 rings (SSSR count). The van der Waals surface area contributed by atoms with Gasteiger partial charge in [0, 0.05) is 29.7 Å². The molecule has 3 aromatic carbocycles. The molecule has 0 N–H and O–H groups in total. The van der Waals surface area contributed by atoms with Crippen molar-refractivity contribution in [1.29, 1.82) is 0 Å². The van der Waals surface area contributed by atoms with Gasteiger partial charge in [-0.25, -0.2) is 0 Å². The highest BCUT2D eigenvalue weighted by atomic mass is 16.5. The first-order chi connectivity index (χ1) is 11.8. The Bertz CT molecular complexity index is 780. The van der Waals surface area contributed by atoms with Crippen LogP contribution in [0.4, 0.5) is 17.1 Å². The number of anilines is 3. The van der Waals surface area contributed by atoms with E-state index in [9.17, 15) is 4.79 Å². The van der Waals surface area contributed by atoms with E-state index in [4.69, 9.17) is 4.74 Å². The van der Waals surface area contributed by atoms with Gasteiger partial charge >= 0.3 is 0 Å². The summed E-state index contributed by atoms with van der Waals surface area (Å²) in [6.45, 7) is 0.597. The molecule has 120 valence electrons. The average molecular weight is 317 g/mol. The molecule has 0 radical (unpaired) electrons. The summed E-state index contributed by atoms with van der Waals surface area (Å²) in [6.07, 6.45) is 0.857. The maximum absolute atomic E-state index is 10.9. The van der Waals surface area contributed by atoms with Gasteiger partial charge in [-0.1, -0.05) is 30.3 Å². The van der Waals surface area contributed by atoms with E-state index in [0.717, 1.165) is 28.9 Å². The van der Waals surface area contributed by atoms with Crippen LogP contribution >= 0.6 is 0 Å². The maximum Gasteiger partial charge on any atom is 0.150 e. The van der Waals surface area contributed by atoms with Gasteiger partial charge in [0.15, 0.2) is 0 Å². The molecule has 3 aromatic rings. The van der Waals surface area contributed by atoms with Gasteiger partial charge in [-0.15, -0.1) is 0 Å². The molecule has 3 heteroatoms. The van der Waals surface area contributed by atoms with Gasteiger partial charge in [0.1, 0.15) is 6.29 Å². The molecule has 0 spiro atoms. The second-order valence-electron chi connectivity index (χ2n) is 5.48. The van der Waals surface area contributed by atoms with Crippen molar-refractivity contribution in [3.63, 3.8) is 0 Å². The van der Waals surface area contributed by atoms with E-state index in [1.54, 1.807) is 7.11 Å². The molecule has 0 aromatic heterocycles. The van der Waals surface area contributed by atoms with Gasteiger partial charge in [-0.2, -0.15) is 0 Å². The largest absolute Gasteiger partial charge is 0.380 e. The Balaban J connectivity index is 2.02. The molecule has 0 saturated carbocycles. The van der Waals surface area contributed by atoms with E-state index >= 15 is 0 Å². The van der Waals surface area contributed by atoms with Crippen LogP contribution in [0, 0.1) is 0 Å². The lowest BCUT2D eigenvalue weighted by Gasteiger charge is -2.25. The lowest BCUT2D eigenvalue weighted by molar-refractivity contribution is 0.112. The van der Waals surface area contributed by atoms with E-state index in [2.05, 4.69) is 41.3 Å². The van der Waals surface area contributed by atoms with Crippen LogP contribution in [0.3, 0.4) is 0 Å². The molecular formula is C21H19NO2. The zero-order valence-electron chi connectivity index (χ0n) is 13.6. The van der Waals surface area contributed by atoms with Crippen molar-refractivity contribution >= 4 is 23.3 Å². The number of hydrogen-bond acceptors (Lipinski definition) is 3. The summed E-state index contributed by atoms with van der Waals surface area (Å²) < 4.78 is 5.18. The molecule has 0 unspecified atom stereocenters. The maximum atomic E-state index is 10.9. The standard InChI is InChI=1S/C21H19NO2/c1-24-16-18-9-13-21(14-10-18)22(19-5-3-2-4-6-19)20-11-7-17(15-23)8-12-20/h2-15H,16H2,1H3. The molecule has 0 aliphatic heterocycles. The second-order valence-corrected chi connectivity index (χ2v) is 5.48. The topological polar surface area (TPSA) is 29.5 Å². The fourth-order valence-electron chi connectivity index (χ4n) is 2.63. The lowest BCUT2D eigenvalue weighted by Crippen LogP contribution is -2.09. The first-order valence-electron chi connectivity index (χ1n) is 7.80. The van der Waals surface area contributed by atoms with Gasteiger partial charge in [-0.05, 0) is 54.1 Å². The van der Waals surface area contributed by atoms with Crippen LogP contribution in [0.5, 0.6) is 0 Å². The van der Waals surface area contributed by atoms with Gasteiger partial charge in [-0.3, -0.25) is 4.79 Å². The number of carbonyl (C=O) groups is 1. The first kappa shape index (κ1) is 16.0. The molecule has 0 fully saturated rings. The van der Waals surface area contributed by atoms with E-state index in [1.807, 2.05) is 42.5 Å². The minimum Gasteiger partial charge on any atom is -0.380 e. The zero-order chi connectivity index (χ0) is 16.8. The fraction of sp³-hybridized carbons (Fsp3) is 0.0952. The molecule has 0 amide bonds. The highest BCUT2D eigenvalue weighted by Crippen LogP contribution is 2.34. The summed E-state index contributed by atoms with van der Waals surface area (Å²) >= 11 is 0. The number of hydrogen-bond donors (Lipinski definition) is 0. The highest BCUT2D eigenvalue weighted by molar-refractivity contribution is 5.80. The van der Waals surface area contributed by atoms with Crippen LogP contribution in [0.25, 0.3) is 0 Å². The number of carbonyl (C=O) groups excluding carboxylic acids is 1. The van der Waals surface area contributed by atoms with Crippen molar-refractivity contribution in [3.05, 3.63) is 90.0 Å². The Morgan fingerprint density at radius 1 is 0.792 bits per heavy atom. The van der Waals surface area contributed by atoms with Crippen LogP contribution < -0.4 is 4.90 Å². The molecule has 24 heavy (non-hydrogen) atoms. The molecule has 0 saturated heterocycles. The number of rotatable bonds is 6. The minimum absolute atomic E-state index is 0.597. The van der Waals surface area contributed by atoms with E-state index in [0.29, 0.717) is 12.2 Å². The van der Waals surface area contributed by atoms with Crippen LogP contribution in [0.1, 0.15) is 15.9 Å². The Kier molecular flexibility index (Phi) is 5.04. The predicted octanol–water partition coefficient (Wildman–Crippen LogP) is 5.12. The molecule has 0 heterocycles. The van der Waals surface area contributed by atoms with E-state index in [-0.39, 0.29) is 0 Å². The van der Waals surface area contributed by atoms with Gasteiger partial charge in [0.05, 0.1) is 6.61 Å². The van der Waals surface area contributed by atoms with E-state index in [1.165, 1.54) is 0 Å². The normalized spacial score (nSPS) is 10.4. The smallest absolute Gasteiger partial charge is 0.150 e. The number of nitrogens with zero attached hydrogens (tertiary/aromatic N) is 1. The monoisotopic (exact) mass is 317 g/mol. The molecule has 0 atom stereocenters. The Hall–Kier alpha value is -2.91. The predicted molar refractivity (Wildman–Crippen MR) is 97.2 cm³/mol. The fourth-order valence-corrected chi connectivity index (χ4v) is 2.63. The van der Waals surface area contributed by atoms with Crippen LogP contribution in [0.2, 0.25) is 0 Å². The zero-order valence-corrected chi connectivity index (χ0v) is 13.6. The van der Waals surface area contributed by atoms with Crippen molar-refractivity contribution in [3.8, 4) is 0 Å². The Morgan fingerprint density at radius 2 is 1.33 bits per heavy atom. The van der Waals surface area contributed by atoms with Crippen molar-refractivity contribution in [2.45, 2.75) is 6.61 Å². The minimum atomic E-state index is 0.597. The molecular weight excluding hydrogens is 298 g/mol. The first-order valence-corrected chi connectivity index (χ1v) is 7.80. The third-order valence-electron chi connectivity index (χ3n) is 3.81. The van der Waals surface area contributed by atoms with Crippen LogP contribution in [0.15, 0.2) is 78.9 Å². The van der Waals surface area contributed by atoms with Crippen LogP contribution in [-0.4, -0.2) is 13.4 Å². The van der Waals surface area contributed by atoms with Gasteiger partial charge < -0.3 is 9.64 Å². The molecule has 3 nitrogen and oxygen atoms in total. The summed E-state index contributed by atoms with van der Waals surface area (Å²) in [4.78, 5) is 13.1. The number of methoxy groups -OCH3 is 1. The third-order valence-corrected chi connectivity index (χ3v) is 3.81. The average Bonchev–Trinajstić information content (AvgIpc) is 2.65. The summed E-state index contributed by atoms with van der Waals surface area (Å²) in [5.41, 5.74) is 4.93. The van der Waals surface area contributed by atoms with Crippen molar-refractivity contribution in [1.82, 2.24) is 0 Å². The SMILES string of the molecule is COCc1ccc(N(c2ccccc2)c2ccc(C=O)cc2)cc1. The van der Waals surface area contributed by atoms with Crippen LogP contribution in [-0.2, 0) is 11.3 Å². The number of ether oxygens (including phenoxy) is 1. The number of aldehydes is 1. The summed E-state index contributed by atoms with van der Waals surface area (Å²) in [7, 11) is 1.69. The van der Waals surface area contributed by atoms with Gasteiger partial charge in [0.2, 0.25) is 0 Å². The Labute approximate surface area is 142 Å². The van der Waals surface area contributed by atoms with Gasteiger partial charge in [0.25, 0.3) is 0 Å².